The minimum absolute atomic E-state index is 0.356. The standard InChI is InChI=1S/C11H10BNO2/c1-15-11(14)8-4-7-5-9(12)2-3-10(7)13-6-8/h2-6H,12H2,1H3. The van der Waals surface area contributed by atoms with Crippen molar-refractivity contribution in [2.24, 2.45) is 0 Å². The van der Waals surface area contributed by atoms with Crippen LogP contribution >= 0.6 is 0 Å². The van der Waals surface area contributed by atoms with E-state index < -0.39 is 0 Å². The number of benzene rings is 1. The third-order valence-electron chi connectivity index (χ3n) is 2.26. The van der Waals surface area contributed by atoms with E-state index >= 15 is 0 Å². The van der Waals surface area contributed by atoms with Crippen LogP contribution in [0, 0.1) is 0 Å². The van der Waals surface area contributed by atoms with Crippen LogP contribution in [0.2, 0.25) is 0 Å². The van der Waals surface area contributed by atoms with E-state index in [4.69, 9.17) is 0 Å². The molecule has 2 rings (SSSR count). The minimum Gasteiger partial charge on any atom is -0.465 e. The van der Waals surface area contributed by atoms with Crippen LogP contribution in [0.4, 0.5) is 0 Å². The Bertz CT molecular complexity index is 525. The highest BCUT2D eigenvalue weighted by Gasteiger charge is 2.06. The number of methoxy groups -OCH3 is 1. The molecule has 0 aliphatic heterocycles. The lowest BCUT2D eigenvalue weighted by atomic mass is 9.94. The van der Waals surface area contributed by atoms with Crippen molar-refractivity contribution >= 4 is 30.2 Å². The van der Waals surface area contributed by atoms with Gasteiger partial charge in [-0.3, -0.25) is 4.98 Å². The number of nitrogens with zero attached hydrogens (tertiary/aromatic N) is 1. The van der Waals surface area contributed by atoms with Crippen molar-refractivity contribution in [2.75, 3.05) is 7.11 Å². The van der Waals surface area contributed by atoms with Crippen molar-refractivity contribution in [1.82, 2.24) is 4.98 Å². The summed E-state index contributed by atoms with van der Waals surface area (Å²) in [6.45, 7) is 0. The molecule has 0 spiro atoms. The summed E-state index contributed by atoms with van der Waals surface area (Å²) in [5.41, 5.74) is 2.51. The fourth-order valence-corrected chi connectivity index (χ4v) is 1.48. The first kappa shape index (κ1) is 9.71. The third-order valence-corrected chi connectivity index (χ3v) is 2.26. The average Bonchev–Trinajstić information content (AvgIpc) is 2.27. The Hall–Kier alpha value is -1.84. The second-order valence-electron chi connectivity index (χ2n) is 3.41. The van der Waals surface area contributed by atoms with Gasteiger partial charge in [0.25, 0.3) is 0 Å². The number of carbonyl (C=O) groups excluding carboxylic acids is 1. The summed E-state index contributed by atoms with van der Waals surface area (Å²) < 4.78 is 4.64. The number of hydrogen-bond donors (Lipinski definition) is 0. The van der Waals surface area contributed by atoms with Gasteiger partial charge in [0, 0.05) is 11.6 Å². The average molecular weight is 199 g/mol. The summed E-state index contributed by atoms with van der Waals surface area (Å²) in [5, 5.41) is 0.956. The number of esters is 1. The molecule has 0 amide bonds. The fourth-order valence-electron chi connectivity index (χ4n) is 1.48. The van der Waals surface area contributed by atoms with Crippen LogP contribution in [0.15, 0.2) is 30.5 Å². The Morgan fingerprint density at radius 3 is 2.93 bits per heavy atom. The molecular formula is C11H10BNO2. The molecule has 0 radical (unpaired) electrons. The number of aromatic nitrogens is 1. The van der Waals surface area contributed by atoms with E-state index in [-0.39, 0.29) is 5.97 Å². The van der Waals surface area contributed by atoms with Crippen molar-refractivity contribution in [3.63, 3.8) is 0 Å². The molecule has 0 N–H and O–H groups in total. The molecule has 0 bridgehead atoms. The third kappa shape index (κ3) is 1.84. The van der Waals surface area contributed by atoms with E-state index in [1.807, 2.05) is 26.0 Å². The SMILES string of the molecule is Bc1ccc2ncc(C(=O)OC)cc2c1. The lowest BCUT2D eigenvalue weighted by Gasteiger charge is -2.02. The van der Waals surface area contributed by atoms with Crippen LogP contribution in [-0.4, -0.2) is 25.9 Å². The molecule has 2 aromatic rings. The zero-order valence-electron chi connectivity index (χ0n) is 8.65. The molecule has 3 nitrogen and oxygen atoms in total. The zero-order valence-corrected chi connectivity index (χ0v) is 8.65. The van der Waals surface area contributed by atoms with Gasteiger partial charge in [0.1, 0.15) is 7.85 Å². The Labute approximate surface area is 88.5 Å². The lowest BCUT2D eigenvalue weighted by molar-refractivity contribution is 0.0600. The molecular weight excluding hydrogens is 189 g/mol. The minimum atomic E-state index is -0.356. The van der Waals surface area contributed by atoms with Gasteiger partial charge < -0.3 is 4.74 Å². The van der Waals surface area contributed by atoms with Crippen LogP contribution in [0.5, 0.6) is 0 Å². The Balaban J connectivity index is 2.59. The maximum absolute atomic E-state index is 11.3. The number of hydrogen-bond acceptors (Lipinski definition) is 3. The highest BCUT2D eigenvalue weighted by molar-refractivity contribution is 6.33. The summed E-state index contributed by atoms with van der Waals surface area (Å²) in [4.78, 5) is 15.5. The summed E-state index contributed by atoms with van der Waals surface area (Å²) in [6, 6.07) is 7.72. The molecule has 1 heterocycles. The number of pyridine rings is 1. The van der Waals surface area contributed by atoms with E-state index in [2.05, 4.69) is 9.72 Å². The van der Waals surface area contributed by atoms with E-state index in [0.29, 0.717) is 5.56 Å². The first-order valence-electron chi connectivity index (χ1n) is 4.65. The molecule has 0 aliphatic carbocycles. The Morgan fingerprint density at radius 1 is 1.40 bits per heavy atom. The molecule has 0 saturated carbocycles. The number of rotatable bonds is 1. The molecule has 1 aromatic carbocycles. The van der Waals surface area contributed by atoms with Gasteiger partial charge in [-0.25, -0.2) is 4.79 Å². The normalized spacial score (nSPS) is 10.2. The topological polar surface area (TPSA) is 39.2 Å². The smallest absolute Gasteiger partial charge is 0.339 e. The second-order valence-corrected chi connectivity index (χ2v) is 3.41. The maximum Gasteiger partial charge on any atom is 0.339 e. The van der Waals surface area contributed by atoms with Crippen LogP contribution in [0.3, 0.4) is 0 Å². The van der Waals surface area contributed by atoms with Gasteiger partial charge in [-0.05, 0) is 12.1 Å². The molecule has 1 aromatic heterocycles. The molecule has 0 atom stereocenters. The van der Waals surface area contributed by atoms with Crippen molar-refractivity contribution in [2.45, 2.75) is 0 Å². The Morgan fingerprint density at radius 2 is 2.20 bits per heavy atom. The quantitative estimate of drug-likeness (QED) is 0.489. The van der Waals surface area contributed by atoms with Gasteiger partial charge >= 0.3 is 5.97 Å². The van der Waals surface area contributed by atoms with Crippen molar-refractivity contribution in [1.29, 1.82) is 0 Å². The lowest BCUT2D eigenvalue weighted by Crippen LogP contribution is -2.04. The van der Waals surface area contributed by atoms with Crippen LogP contribution in [0.25, 0.3) is 10.9 Å². The highest BCUT2D eigenvalue weighted by Crippen LogP contribution is 2.12. The number of fused-ring (bicyclic) bond motifs is 1. The summed E-state index contributed by atoms with van der Waals surface area (Å²) in [7, 11) is 3.37. The van der Waals surface area contributed by atoms with Crippen LogP contribution < -0.4 is 5.46 Å². The monoisotopic (exact) mass is 199 g/mol. The predicted octanol–water partition coefficient (Wildman–Crippen LogP) is 0.280. The van der Waals surface area contributed by atoms with Crippen molar-refractivity contribution < 1.29 is 9.53 Å². The van der Waals surface area contributed by atoms with Crippen molar-refractivity contribution in [3.8, 4) is 0 Å². The predicted molar refractivity (Wildman–Crippen MR) is 61.3 cm³/mol. The molecule has 15 heavy (non-hydrogen) atoms. The van der Waals surface area contributed by atoms with Crippen LogP contribution in [0.1, 0.15) is 10.4 Å². The zero-order chi connectivity index (χ0) is 10.8. The van der Waals surface area contributed by atoms with Crippen molar-refractivity contribution in [3.05, 3.63) is 36.0 Å². The van der Waals surface area contributed by atoms with Gasteiger partial charge in [0.05, 0.1) is 18.2 Å². The number of carbonyl (C=O) groups is 1. The molecule has 74 valence electrons. The summed E-state index contributed by atoms with van der Waals surface area (Å²) in [6.07, 6.45) is 1.53. The first-order valence-corrected chi connectivity index (χ1v) is 4.65. The maximum atomic E-state index is 11.3. The summed E-state index contributed by atoms with van der Waals surface area (Å²) >= 11 is 0. The Kier molecular flexibility index (Phi) is 2.41. The summed E-state index contributed by atoms with van der Waals surface area (Å²) in [5.74, 6) is -0.356. The van der Waals surface area contributed by atoms with Gasteiger partial charge in [0.2, 0.25) is 0 Å². The van der Waals surface area contributed by atoms with E-state index in [9.17, 15) is 4.79 Å². The molecule has 4 heteroatoms. The van der Waals surface area contributed by atoms with Gasteiger partial charge in [-0.2, -0.15) is 0 Å². The molecule has 0 fully saturated rings. The van der Waals surface area contributed by atoms with Gasteiger partial charge in [0.15, 0.2) is 0 Å². The molecule has 0 unspecified atom stereocenters. The van der Waals surface area contributed by atoms with E-state index in [0.717, 1.165) is 16.4 Å². The largest absolute Gasteiger partial charge is 0.465 e. The molecule has 0 saturated heterocycles. The van der Waals surface area contributed by atoms with E-state index in [1.165, 1.54) is 13.3 Å². The van der Waals surface area contributed by atoms with Gasteiger partial charge in [-0.1, -0.05) is 17.6 Å². The number of ether oxygens (including phenoxy) is 1. The van der Waals surface area contributed by atoms with Gasteiger partial charge in [-0.15, -0.1) is 0 Å². The molecule has 0 aliphatic rings. The second kappa shape index (κ2) is 3.73. The highest BCUT2D eigenvalue weighted by atomic mass is 16.5. The van der Waals surface area contributed by atoms with E-state index in [1.54, 1.807) is 6.07 Å². The first-order chi connectivity index (χ1) is 7.20. The van der Waals surface area contributed by atoms with Crippen LogP contribution in [-0.2, 0) is 4.74 Å². The fraction of sp³-hybridized carbons (Fsp3) is 0.0909.